The van der Waals surface area contributed by atoms with E-state index in [9.17, 15) is 4.39 Å². The number of fused-ring (bicyclic) bond motifs is 1. The molecule has 0 radical (unpaired) electrons. The second kappa shape index (κ2) is 5.53. The van der Waals surface area contributed by atoms with Gasteiger partial charge in [-0.3, -0.25) is 4.57 Å². The van der Waals surface area contributed by atoms with Crippen LogP contribution in [0.3, 0.4) is 0 Å². The summed E-state index contributed by atoms with van der Waals surface area (Å²) in [6.07, 6.45) is 5.27. The zero-order chi connectivity index (χ0) is 15.6. The first-order valence-corrected chi connectivity index (χ1v) is 7.20. The number of nitrogens with zero attached hydrogens (tertiary/aromatic N) is 3. The van der Waals surface area contributed by atoms with Gasteiger partial charge in [0.1, 0.15) is 18.0 Å². The van der Waals surface area contributed by atoms with Crippen molar-refractivity contribution in [2.45, 2.75) is 0 Å². The van der Waals surface area contributed by atoms with Crippen molar-refractivity contribution in [3.05, 3.63) is 79.1 Å². The smallest absolute Gasteiger partial charge is 0.140 e. The predicted molar refractivity (Wildman–Crippen MR) is 88.5 cm³/mol. The number of pyridine rings is 1. The molecule has 0 unspecified atom stereocenters. The lowest BCUT2D eigenvalue weighted by atomic mass is 10.1. The topological polar surface area (TPSA) is 42.7 Å². The van der Waals surface area contributed by atoms with Gasteiger partial charge in [-0.2, -0.15) is 0 Å². The number of imidazole rings is 1. The van der Waals surface area contributed by atoms with Crippen molar-refractivity contribution in [2.75, 3.05) is 5.32 Å². The molecule has 2 aromatic carbocycles. The van der Waals surface area contributed by atoms with Crippen LogP contribution in [0.1, 0.15) is 0 Å². The molecule has 0 saturated carbocycles. The van der Waals surface area contributed by atoms with Gasteiger partial charge in [0.25, 0.3) is 0 Å². The molecule has 0 aliphatic heterocycles. The largest absolute Gasteiger partial charge is 0.355 e. The van der Waals surface area contributed by atoms with Crippen LogP contribution in [-0.4, -0.2) is 14.5 Å². The Kier molecular flexibility index (Phi) is 3.24. The van der Waals surface area contributed by atoms with E-state index in [1.807, 2.05) is 41.1 Å². The Bertz CT molecular complexity index is 947. The van der Waals surface area contributed by atoms with Gasteiger partial charge in [0.05, 0.1) is 11.2 Å². The van der Waals surface area contributed by atoms with Crippen LogP contribution < -0.4 is 5.32 Å². The van der Waals surface area contributed by atoms with Crippen molar-refractivity contribution in [3.8, 4) is 5.82 Å². The quantitative estimate of drug-likeness (QED) is 0.613. The number of halogens is 1. The summed E-state index contributed by atoms with van der Waals surface area (Å²) in [6.45, 7) is 0. The maximum absolute atomic E-state index is 13.1. The zero-order valence-electron chi connectivity index (χ0n) is 12.1. The molecule has 2 heterocycles. The summed E-state index contributed by atoms with van der Waals surface area (Å²) in [4.78, 5) is 8.72. The van der Waals surface area contributed by atoms with Crippen molar-refractivity contribution in [2.24, 2.45) is 0 Å². The maximum atomic E-state index is 13.1. The average Bonchev–Trinajstić information content (AvgIpc) is 3.11. The first-order valence-electron chi connectivity index (χ1n) is 7.20. The van der Waals surface area contributed by atoms with Gasteiger partial charge in [-0.25, -0.2) is 14.4 Å². The van der Waals surface area contributed by atoms with Crippen LogP contribution in [0.5, 0.6) is 0 Å². The highest BCUT2D eigenvalue weighted by molar-refractivity contribution is 5.94. The van der Waals surface area contributed by atoms with E-state index in [0.717, 1.165) is 28.1 Å². The van der Waals surface area contributed by atoms with Crippen LogP contribution in [0, 0.1) is 5.82 Å². The molecule has 5 heteroatoms. The van der Waals surface area contributed by atoms with E-state index in [1.165, 1.54) is 12.1 Å². The van der Waals surface area contributed by atoms with Gasteiger partial charge in [-0.1, -0.05) is 18.2 Å². The molecule has 4 rings (SSSR count). The van der Waals surface area contributed by atoms with E-state index in [1.54, 1.807) is 24.7 Å². The summed E-state index contributed by atoms with van der Waals surface area (Å²) in [5.74, 6) is 0.514. The Hall–Kier alpha value is -3.21. The summed E-state index contributed by atoms with van der Waals surface area (Å²) in [7, 11) is 0. The van der Waals surface area contributed by atoms with Crippen LogP contribution in [0.4, 0.5) is 15.8 Å². The minimum atomic E-state index is -0.255. The molecule has 0 fully saturated rings. The van der Waals surface area contributed by atoms with Gasteiger partial charge in [0.15, 0.2) is 0 Å². The number of benzene rings is 2. The van der Waals surface area contributed by atoms with E-state index in [2.05, 4.69) is 15.3 Å². The first kappa shape index (κ1) is 13.5. The number of rotatable bonds is 3. The fourth-order valence-corrected chi connectivity index (χ4v) is 2.48. The number of anilines is 2. The van der Waals surface area contributed by atoms with Gasteiger partial charge in [-0.15, -0.1) is 0 Å². The molecule has 23 heavy (non-hydrogen) atoms. The zero-order valence-corrected chi connectivity index (χ0v) is 12.1. The number of nitrogens with one attached hydrogen (secondary N) is 1. The van der Waals surface area contributed by atoms with Gasteiger partial charge in [0, 0.05) is 29.5 Å². The Morgan fingerprint density at radius 2 is 1.83 bits per heavy atom. The molecule has 1 N–H and O–H groups in total. The Morgan fingerprint density at radius 1 is 1.00 bits per heavy atom. The lowest BCUT2D eigenvalue weighted by Gasteiger charge is -2.12. The molecule has 0 saturated heterocycles. The molecular weight excluding hydrogens is 291 g/mol. The van der Waals surface area contributed by atoms with Crippen LogP contribution >= 0.6 is 0 Å². The molecule has 0 amide bonds. The molecule has 112 valence electrons. The number of hydrogen-bond donors (Lipinski definition) is 1. The summed E-state index contributed by atoms with van der Waals surface area (Å²) in [5.41, 5.74) is 2.61. The van der Waals surface area contributed by atoms with Crippen molar-refractivity contribution < 1.29 is 4.39 Å². The lowest BCUT2D eigenvalue weighted by molar-refractivity contribution is 0.628. The predicted octanol–water partition coefficient (Wildman–Crippen LogP) is 4.30. The van der Waals surface area contributed by atoms with Gasteiger partial charge in [0.2, 0.25) is 0 Å². The number of aromatic nitrogens is 3. The van der Waals surface area contributed by atoms with E-state index in [-0.39, 0.29) is 5.82 Å². The fourth-order valence-electron chi connectivity index (χ4n) is 2.48. The first-order chi connectivity index (χ1) is 11.3. The Labute approximate surface area is 132 Å². The molecular formula is C18H13FN4. The van der Waals surface area contributed by atoms with Gasteiger partial charge in [-0.05, 0) is 30.3 Å². The SMILES string of the molecule is Fc1ccc(Nc2cc(-n3ccnc3)nc3ccccc23)cc1. The highest BCUT2D eigenvalue weighted by Crippen LogP contribution is 2.27. The monoisotopic (exact) mass is 304 g/mol. The second-order valence-corrected chi connectivity index (χ2v) is 5.15. The third-order valence-electron chi connectivity index (χ3n) is 3.59. The minimum Gasteiger partial charge on any atom is -0.355 e. The fraction of sp³-hybridized carbons (Fsp3) is 0. The van der Waals surface area contributed by atoms with Crippen molar-refractivity contribution in [3.63, 3.8) is 0 Å². The summed E-state index contributed by atoms with van der Waals surface area (Å²) >= 11 is 0. The second-order valence-electron chi connectivity index (χ2n) is 5.15. The van der Waals surface area contributed by atoms with E-state index < -0.39 is 0 Å². The van der Waals surface area contributed by atoms with Crippen molar-refractivity contribution in [1.82, 2.24) is 14.5 Å². The lowest BCUT2D eigenvalue weighted by Crippen LogP contribution is -1.99. The summed E-state index contributed by atoms with van der Waals surface area (Å²) in [6, 6.07) is 16.1. The van der Waals surface area contributed by atoms with E-state index >= 15 is 0 Å². The molecule has 0 atom stereocenters. The van der Waals surface area contributed by atoms with Crippen LogP contribution in [-0.2, 0) is 0 Å². The molecule has 4 nitrogen and oxygen atoms in total. The highest BCUT2D eigenvalue weighted by atomic mass is 19.1. The minimum absolute atomic E-state index is 0.255. The molecule has 0 spiro atoms. The van der Waals surface area contributed by atoms with Crippen LogP contribution in [0.25, 0.3) is 16.7 Å². The summed E-state index contributed by atoms with van der Waals surface area (Å²) < 4.78 is 14.9. The van der Waals surface area contributed by atoms with Crippen LogP contribution in [0.15, 0.2) is 73.3 Å². The van der Waals surface area contributed by atoms with Gasteiger partial charge < -0.3 is 5.32 Å². The standard InChI is InChI=1S/C18H13FN4/c19-13-5-7-14(8-6-13)21-17-11-18(23-10-9-20-12-23)22-16-4-2-1-3-15(16)17/h1-12H,(H,21,22). The van der Waals surface area contributed by atoms with Crippen molar-refractivity contribution in [1.29, 1.82) is 0 Å². The molecule has 0 aliphatic rings. The highest BCUT2D eigenvalue weighted by Gasteiger charge is 2.07. The Morgan fingerprint density at radius 3 is 2.61 bits per heavy atom. The average molecular weight is 304 g/mol. The number of hydrogen-bond acceptors (Lipinski definition) is 3. The molecule has 2 aromatic heterocycles. The van der Waals surface area contributed by atoms with Gasteiger partial charge >= 0.3 is 0 Å². The van der Waals surface area contributed by atoms with E-state index in [4.69, 9.17) is 0 Å². The third-order valence-corrected chi connectivity index (χ3v) is 3.59. The normalized spacial score (nSPS) is 10.8. The number of para-hydroxylation sites is 1. The maximum Gasteiger partial charge on any atom is 0.140 e. The Balaban J connectivity index is 1.84. The van der Waals surface area contributed by atoms with Crippen LogP contribution in [0.2, 0.25) is 0 Å². The van der Waals surface area contributed by atoms with Crippen molar-refractivity contribution >= 4 is 22.3 Å². The molecule has 4 aromatic rings. The summed E-state index contributed by atoms with van der Waals surface area (Å²) in [5, 5.41) is 4.34. The third kappa shape index (κ3) is 2.64. The van der Waals surface area contributed by atoms with E-state index in [0.29, 0.717) is 0 Å². The molecule has 0 bridgehead atoms. The molecule has 0 aliphatic carbocycles.